The molecule has 3 rings (SSSR count). The van der Waals surface area contributed by atoms with Crippen LogP contribution >= 0.6 is 0 Å². The smallest absolute Gasteiger partial charge is 0.407 e. The molecule has 1 aliphatic heterocycles. The van der Waals surface area contributed by atoms with Crippen molar-refractivity contribution in [3.8, 4) is 0 Å². The highest BCUT2D eigenvalue weighted by atomic mass is 19.1. The Kier molecular flexibility index (Phi) is 5.04. The number of rotatable bonds is 5. The lowest BCUT2D eigenvalue weighted by molar-refractivity contribution is 0.0783. The van der Waals surface area contributed by atoms with Crippen LogP contribution in [0.1, 0.15) is 24.0 Å². The molecule has 0 saturated carbocycles. The van der Waals surface area contributed by atoms with Gasteiger partial charge in [-0.3, -0.25) is 0 Å². The Labute approximate surface area is 147 Å². The predicted molar refractivity (Wildman–Crippen MR) is 95.3 cm³/mol. The van der Waals surface area contributed by atoms with Crippen LogP contribution in [0.25, 0.3) is 0 Å². The highest BCUT2D eigenvalue weighted by Gasteiger charge is 2.49. The van der Waals surface area contributed by atoms with Gasteiger partial charge in [-0.1, -0.05) is 42.5 Å². The zero-order valence-corrected chi connectivity index (χ0v) is 14.3. The Morgan fingerprint density at radius 2 is 1.92 bits per heavy atom. The molecule has 0 bridgehead atoms. The molecular formula is C20H23FN2O2. The zero-order valence-electron chi connectivity index (χ0n) is 14.3. The summed E-state index contributed by atoms with van der Waals surface area (Å²) in [4.78, 5) is 13.5. The number of carbonyl (C=O) groups is 1. The van der Waals surface area contributed by atoms with E-state index < -0.39 is 11.6 Å². The largest absolute Gasteiger partial charge is 0.465 e. The Hall–Kier alpha value is -2.40. The van der Waals surface area contributed by atoms with E-state index in [1.807, 2.05) is 37.3 Å². The van der Waals surface area contributed by atoms with Gasteiger partial charge in [-0.05, 0) is 36.6 Å². The summed E-state index contributed by atoms with van der Waals surface area (Å²) in [5, 5.41) is 13.2. The molecule has 0 aliphatic carbocycles. The van der Waals surface area contributed by atoms with Gasteiger partial charge in [0.25, 0.3) is 0 Å². The van der Waals surface area contributed by atoms with E-state index in [2.05, 4.69) is 5.32 Å². The number of halogens is 1. The fraction of sp³-hybridized carbons (Fsp3) is 0.350. The SMILES string of the molecule is CCN(C(=O)O)[C@]1(Cc2ccccc2)CNC[C@H]1c1ccc(F)cc1. The first-order valence-corrected chi connectivity index (χ1v) is 8.57. The van der Waals surface area contributed by atoms with Crippen molar-refractivity contribution in [2.45, 2.75) is 24.8 Å². The van der Waals surface area contributed by atoms with E-state index in [4.69, 9.17) is 0 Å². The second-order valence-corrected chi connectivity index (χ2v) is 6.53. The molecule has 2 aromatic carbocycles. The summed E-state index contributed by atoms with van der Waals surface area (Å²) in [7, 11) is 0. The van der Waals surface area contributed by atoms with Crippen molar-refractivity contribution in [2.24, 2.45) is 0 Å². The van der Waals surface area contributed by atoms with Crippen molar-refractivity contribution >= 4 is 6.09 Å². The third kappa shape index (κ3) is 3.37. The summed E-state index contributed by atoms with van der Waals surface area (Å²) in [6.45, 7) is 3.51. The van der Waals surface area contributed by atoms with E-state index in [0.717, 1.165) is 11.1 Å². The van der Waals surface area contributed by atoms with Gasteiger partial charge in [-0.25, -0.2) is 9.18 Å². The number of amides is 1. The lowest BCUT2D eigenvalue weighted by Crippen LogP contribution is -2.57. The zero-order chi connectivity index (χ0) is 17.9. The Morgan fingerprint density at radius 1 is 1.24 bits per heavy atom. The molecule has 2 aromatic rings. The summed E-state index contributed by atoms with van der Waals surface area (Å²) in [6.07, 6.45) is -0.308. The van der Waals surface area contributed by atoms with Gasteiger partial charge in [0, 0.05) is 25.6 Å². The highest BCUT2D eigenvalue weighted by Crippen LogP contribution is 2.39. The van der Waals surface area contributed by atoms with Crippen LogP contribution < -0.4 is 5.32 Å². The minimum Gasteiger partial charge on any atom is -0.465 e. The maximum atomic E-state index is 13.3. The van der Waals surface area contributed by atoms with Crippen LogP contribution in [0.4, 0.5) is 9.18 Å². The second-order valence-electron chi connectivity index (χ2n) is 6.53. The van der Waals surface area contributed by atoms with E-state index in [1.165, 1.54) is 17.0 Å². The average molecular weight is 342 g/mol. The fourth-order valence-electron chi connectivity index (χ4n) is 4.02. The fourth-order valence-corrected chi connectivity index (χ4v) is 4.02. The molecule has 132 valence electrons. The molecule has 5 heteroatoms. The molecular weight excluding hydrogens is 319 g/mol. The van der Waals surface area contributed by atoms with Crippen LogP contribution in [-0.2, 0) is 6.42 Å². The second kappa shape index (κ2) is 7.23. The van der Waals surface area contributed by atoms with E-state index in [1.54, 1.807) is 12.1 Å². The molecule has 0 aromatic heterocycles. The number of nitrogens with zero attached hydrogens (tertiary/aromatic N) is 1. The van der Waals surface area contributed by atoms with E-state index in [9.17, 15) is 14.3 Å². The highest BCUT2D eigenvalue weighted by molar-refractivity contribution is 5.67. The van der Waals surface area contributed by atoms with Crippen molar-refractivity contribution in [2.75, 3.05) is 19.6 Å². The quantitative estimate of drug-likeness (QED) is 0.874. The van der Waals surface area contributed by atoms with Crippen molar-refractivity contribution in [1.82, 2.24) is 10.2 Å². The molecule has 25 heavy (non-hydrogen) atoms. The Balaban J connectivity index is 2.05. The average Bonchev–Trinajstić information content (AvgIpc) is 3.01. The van der Waals surface area contributed by atoms with Gasteiger partial charge in [0.1, 0.15) is 5.82 Å². The van der Waals surface area contributed by atoms with Crippen LogP contribution in [0.15, 0.2) is 54.6 Å². The number of benzene rings is 2. The van der Waals surface area contributed by atoms with E-state index >= 15 is 0 Å². The van der Waals surface area contributed by atoms with Gasteiger partial charge in [0.2, 0.25) is 0 Å². The Morgan fingerprint density at radius 3 is 2.52 bits per heavy atom. The van der Waals surface area contributed by atoms with Crippen molar-refractivity contribution < 1.29 is 14.3 Å². The number of hydrogen-bond donors (Lipinski definition) is 2. The van der Waals surface area contributed by atoms with Crippen molar-refractivity contribution in [3.05, 3.63) is 71.5 Å². The summed E-state index contributed by atoms with van der Waals surface area (Å²) in [5.41, 5.74) is 1.46. The molecule has 4 nitrogen and oxygen atoms in total. The molecule has 1 saturated heterocycles. The molecule has 1 fully saturated rings. The molecule has 2 atom stereocenters. The van der Waals surface area contributed by atoms with E-state index in [0.29, 0.717) is 26.1 Å². The number of nitrogens with one attached hydrogen (secondary N) is 1. The van der Waals surface area contributed by atoms with Gasteiger partial charge in [0.05, 0.1) is 5.54 Å². The number of likely N-dealkylation sites (N-methyl/N-ethyl adjacent to an activating group) is 1. The normalized spacial score (nSPS) is 22.7. The van der Waals surface area contributed by atoms with Crippen LogP contribution in [-0.4, -0.2) is 41.3 Å². The maximum Gasteiger partial charge on any atom is 0.407 e. The van der Waals surface area contributed by atoms with Crippen LogP contribution in [0.2, 0.25) is 0 Å². The number of hydrogen-bond acceptors (Lipinski definition) is 2. The molecule has 0 spiro atoms. The third-order valence-electron chi connectivity index (χ3n) is 5.14. The van der Waals surface area contributed by atoms with Gasteiger partial charge in [-0.15, -0.1) is 0 Å². The first kappa shape index (κ1) is 17.4. The van der Waals surface area contributed by atoms with Crippen LogP contribution in [0.3, 0.4) is 0 Å². The minimum absolute atomic E-state index is 0.0376. The van der Waals surface area contributed by atoms with Gasteiger partial charge in [-0.2, -0.15) is 0 Å². The number of carboxylic acid groups (broad SMARTS) is 1. The summed E-state index contributed by atoms with van der Waals surface area (Å²) in [6, 6.07) is 16.4. The van der Waals surface area contributed by atoms with Gasteiger partial charge >= 0.3 is 6.09 Å². The van der Waals surface area contributed by atoms with Crippen molar-refractivity contribution in [3.63, 3.8) is 0 Å². The summed E-state index contributed by atoms with van der Waals surface area (Å²) >= 11 is 0. The Bertz CT molecular complexity index is 720. The molecule has 1 amide bonds. The summed E-state index contributed by atoms with van der Waals surface area (Å²) in [5.74, 6) is -0.321. The lowest BCUT2D eigenvalue weighted by Gasteiger charge is -2.43. The molecule has 1 aliphatic rings. The van der Waals surface area contributed by atoms with Crippen molar-refractivity contribution in [1.29, 1.82) is 0 Å². The minimum atomic E-state index is -0.922. The van der Waals surface area contributed by atoms with E-state index in [-0.39, 0.29) is 11.7 Å². The summed E-state index contributed by atoms with van der Waals surface area (Å²) < 4.78 is 13.3. The van der Waals surface area contributed by atoms with Crippen LogP contribution in [0.5, 0.6) is 0 Å². The standard InChI is InChI=1S/C20H23FN2O2/c1-2-23(19(24)25)20(12-15-6-4-3-5-7-15)14-22-13-18(20)16-8-10-17(21)11-9-16/h3-11,18,22H,2,12-14H2,1H3,(H,24,25)/t18-,20+/m0/s1. The lowest BCUT2D eigenvalue weighted by atomic mass is 9.76. The predicted octanol–water partition coefficient (Wildman–Crippen LogP) is 3.49. The van der Waals surface area contributed by atoms with Gasteiger partial charge < -0.3 is 15.3 Å². The first-order valence-electron chi connectivity index (χ1n) is 8.57. The first-order chi connectivity index (χ1) is 12.1. The molecule has 0 radical (unpaired) electrons. The maximum absolute atomic E-state index is 13.3. The third-order valence-corrected chi connectivity index (χ3v) is 5.14. The molecule has 1 heterocycles. The molecule has 2 N–H and O–H groups in total. The van der Waals surface area contributed by atoms with Crippen LogP contribution in [0, 0.1) is 5.82 Å². The monoisotopic (exact) mass is 342 g/mol. The topological polar surface area (TPSA) is 52.6 Å². The molecule has 0 unspecified atom stereocenters. The van der Waals surface area contributed by atoms with Gasteiger partial charge in [0.15, 0.2) is 0 Å².